The Morgan fingerprint density at radius 1 is 0.571 bits per heavy atom. The summed E-state index contributed by atoms with van der Waals surface area (Å²) in [6, 6.07) is 0. The molecule has 0 N–H and O–H groups in total. The van der Waals surface area contributed by atoms with Gasteiger partial charge in [0.25, 0.3) is 0 Å². The van der Waals surface area contributed by atoms with Crippen molar-refractivity contribution >= 4 is 10.4 Å². The van der Waals surface area contributed by atoms with Gasteiger partial charge in [0.15, 0.2) is 0 Å². The molecule has 0 saturated heterocycles. The molecule has 0 unspecified atom stereocenters. The molecule has 6 fully saturated rings. The summed E-state index contributed by atoms with van der Waals surface area (Å²) < 4.78 is 37.7. The van der Waals surface area contributed by atoms with Crippen molar-refractivity contribution in [1.29, 1.82) is 0 Å². The molecular weight excluding hydrogens is 456 g/mol. The fourth-order valence-corrected chi connectivity index (χ4v) is 11.9. The number of hydrogen-bond donors (Lipinski definition) is 0. The standard InChI is InChI=1S/C30H50O4S/c1-29-17-15-25(19-23(29)13-11-21-7-3-5-9-27(21)29)33-35(31,32)34-26-16-18-30(2)24(20-26)14-12-22-8-4-6-10-28(22)30/h21-28H,3-20H2,1-2H3/t21-,22-,23-,24-,25-,26-,27+,28+,29+,30+/m1/s1. The van der Waals surface area contributed by atoms with Gasteiger partial charge in [-0.3, -0.25) is 0 Å². The largest absolute Gasteiger partial charge is 0.400 e. The molecule has 0 bridgehead atoms. The smallest absolute Gasteiger partial charge is 0.245 e. The Morgan fingerprint density at radius 3 is 1.46 bits per heavy atom. The molecule has 0 heterocycles. The van der Waals surface area contributed by atoms with Crippen molar-refractivity contribution in [2.24, 2.45) is 46.3 Å². The molecule has 0 aliphatic heterocycles. The Hall–Kier alpha value is -0.130. The molecule has 10 atom stereocenters. The van der Waals surface area contributed by atoms with E-state index in [1.807, 2.05) is 0 Å². The van der Waals surface area contributed by atoms with Gasteiger partial charge < -0.3 is 0 Å². The van der Waals surface area contributed by atoms with Crippen molar-refractivity contribution in [2.75, 3.05) is 0 Å². The summed E-state index contributed by atoms with van der Waals surface area (Å²) in [5.41, 5.74) is 0.777. The molecule has 6 rings (SSSR count). The third-order valence-electron chi connectivity index (χ3n) is 12.8. The maximum atomic E-state index is 13.1. The van der Waals surface area contributed by atoms with E-state index in [1.165, 1.54) is 77.0 Å². The van der Waals surface area contributed by atoms with Crippen LogP contribution in [0.4, 0.5) is 0 Å². The van der Waals surface area contributed by atoms with Crippen LogP contribution >= 0.6 is 0 Å². The van der Waals surface area contributed by atoms with E-state index in [9.17, 15) is 8.42 Å². The average molecular weight is 507 g/mol. The predicted molar refractivity (Wildman–Crippen MR) is 139 cm³/mol. The molecule has 0 spiro atoms. The van der Waals surface area contributed by atoms with Crippen LogP contribution < -0.4 is 0 Å². The normalized spacial score (nSPS) is 50.3. The van der Waals surface area contributed by atoms with Crippen molar-refractivity contribution in [3.05, 3.63) is 0 Å². The van der Waals surface area contributed by atoms with E-state index in [1.54, 1.807) is 0 Å². The molecular formula is C30H50O4S. The molecule has 0 aromatic heterocycles. The maximum Gasteiger partial charge on any atom is 0.400 e. The van der Waals surface area contributed by atoms with Crippen LogP contribution in [0.2, 0.25) is 0 Å². The first-order valence-electron chi connectivity index (χ1n) is 15.4. The lowest BCUT2D eigenvalue weighted by Crippen LogP contribution is -2.50. The fraction of sp³-hybridized carbons (Fsp3) is 1.00. The summed E-state index contributed by atoms with van der Waals surface area (Å²) in [6.07, 6.45) is 21.8. The highest BCUT2D eigenvalue weighted by atomic mass is 32.3. The lowest BCUT2D eigenvalue weighted by Gasteiger charge is -2.56. The third kappa shape index (κ3) is 4.67. The topological polar surface area (TPSA) is 52.6 Å². The third-order valence-corrected chi connectivity index (χ3v) is 13.8. The molecule has 0 amide bonds. The minimum Gasteiger partial charge on any atom is -0.245 e. The van der Waals surface area contributed by atoms with Crippen molar-refractivity contribution in [3.8, 4) is 0 Å². The van der Waals surface area contributed by atoms with Crippen LogP contribution in [0.25, 0.3) is 0 Å². The van der Waals surface area contributed by atoms with E-state index in [0.29, 0.717) is 22.7 Å². The molecule has 6 saturated carbocycles. The molecule has 6 aliphatic carbocycles. The van der Waals surface area contributed by atoms with Crippen molar-refractivity contribution in [3.63, 3.8) is 0 Å². The van der Waals surface area contributed by atoms with Crippen molar-refractivity contribution < 1.29 is 16.8 Å². The average Bonchev–Trinajstić information content (AvgIpc) is 2.84. The summed E-state index contributed by atoms with van der Waals surface area (Å²) in [7, 11) is -3.94. The second kappa shape index (κ2) is 9.56. The number of hydrogen-bond acceptors (Lipinski definition) is 4. The first-order chi connectivity index (χ1) is 16.8. The zero-order valence-corrected chi connectivity index (χ0v) is 23.2. The highest BCUT2D eigenvalue weighted by molar-refractivity contribution is 7.81. The molecule has 6 aliphatic rings. The molecule has 5 heteroatoms. The summed E-state index contributed by atoms with van der Waals surface area (Å²) >= 11 is 0. The second-order valence-corrected chi connectivity index (χ2v) is 15.5. The van der Waals surface area contributed by atoms with Gasteiger partial charge in [-0.25, -0.2) is 8.37 Å². The van der Waals surface area contributed by atoms with E-state index < -0.39 is 10.4 Å². The van der Waals surface area contributed by atoms with Crippen molar-refractivity contribution in [2.45, 2.75) is 142 Å². The first kappa shape index (κ1) is 25.2. The van der Waals surface area contributed by atoms with Gasteiger partial charge in [-0.2, -0.15) is 8.42 Å². The summed E-state index contributed by atoms with van der Waals surface area (Å²) in [5, 5.41) is 0. The van der Waals surface area contributed by atoms with Gasteiger partial charge in [0.1, 0.15) is 0 Å². The zero-order chi connectivity index (χ0) is 24.3. The SMILES string of the molecule is C[C@]12CC[C@@H](OS(=O)(=O)O[C@@H]3CC[C@@]4(C)[C@H](CC[C@H]5CCCC[C@@H]54)C3)C[C@H]1CC[C@H]1CCCC[C@@H]12. The van der Waals surface area contributed by atoms with Crippen LogP contribution in [0, 0.1) is 46.3 Å². The van der Waals surface area contributed by atoms with Crippen molar-refractivity contribution in [1.82, 2.24) is 0 Å². The Labute approximate surface area is 215 Å². The van der Waals surface area contributed by atoms with Crippen LogP contribution in [0.1, 0.15) is 129 Å². The van der Waals surface area contributed by atoms with Gasteiger partial charge >= 0.3 is 10.4 Å². The molecule has 0 aromatic carbocycles. The Morgan fingerprint density at radius 2 is 1.00 bits per heavy atom. The Kier molecular flexibility index (Phi) is 6.87. The van der Waals surface area contributed by atoms with Crippen LogP contribution in [-0.2, 0) is 18.8 Å². The van der Waals surface area contributed by atoms with Gasteiger partial charge in [-0.1, -0.05) is 52.4 Å². The van der Waals surface area contributed by atoms with E-state index in [2.05, 4.69) is 13.8 Å². The molecule has 200 valence electrons. The lowest BCUT2D eigenvalue weighted by molar-refractivity contribution is -0.0883. The van der Waals surface area contributed by atoms with Gasteiger partial charge in [-0.05, 0) is 123 Å². The maximum absolute atomic E-state index is 13.1. The van der Waals surface area contributed by atoms with Gasteiger partial charge in [0, 0.05) is 0 Å². The van der Waals surface area contributed by atoms with Crippen LogP contribution in [0.5, 0.6) is 0 Å². The fourth-order valence-electron chi connectivity index (χ4n) is 10.8. The van der Waals surface area contributed by atoms with E-state index in [0.717, 1.165) is 62.2 Å². The first-order valence-corrected chi connectivity index (χ1v) is 16.7. The van der Waals surface area contributed by atoms with E-state index >= 15 is 0 Å². The Balaban J connectivity index is 1.05. The highest BCUT2D eigenvalue weighted by Crippen LogP contribution is 2.60. The number of rotatable bonds is 4. The Bertz CT molecular complexity index is 808. The monoisotopic (exact) mass is 506 g/mol. The molecule has 0 radical (unpaired) electrons. The molecule has 0 aromatic rings. The predicted octanol–water partition coefficient (Wildman–Crippen LogP) is 7.81. The van der Waals surface area contributed by atoms with E-state index in [-0.39, 0.29) is 12.2 Å². The lowest BCUT2D eigenvalue weighted by atomic mass is 9.49. The van der Waals surface area contributed by atoms with Gasteiger partial charge in [0.05, 0.1) is 12.2 Å². The zero-order valence-electron chi connectivity index (χ0n) is 22.4. The minimum atomic E-state index is -3.94. The van der Waals surface area contributed by atoms with Gasteiger partial charge in [0.2, 0.25) is 0 Å². The number of fused-ring (bicyclic) bond motifs is 6. The van der Waals surface area contributed by atoms with Crippen LogP contribution in [-0.4, -0.2) is 20.6 Å². The molecule has 4 nitrogen and oxygen atoms in total. The summed E-state index contributed by atoms with van der Waals surface area (Å²) in [5.74, 6) is 4.73. The van der Waals surface area contributed by atoms with Gasteiger partial charge in [-0.15, -0.1) is 0 Å². The summed E-state index contributed by atoms with van der Waals surface area (Å²) in [6.45, 7) is 5.03. The van der Waals surface area contributed by atoms with E-state index in [4.69, 9.17) is 8.37 Å². The van der Waals surface area contributed by atoms with Crippen LogP contribution in [0.3, 0.4) is 0 Å². The summed E-state index contributed by atoms with van der Waals surface area (Å²) in [4.78, 5) is 0. The highest BCUT2D eigenvalue weighted by Gasteiger charge is 2.53. The quantitative estimate of drug-likeness (QED) is 0.390. The molecule has 35 heavy (non-hydrogen) atoms. The van der Waals surface area contributed by atoms with Crippen LogP contribution in [0.15, 0.2) is 0 Å². The second-order valence-electron chi connectivity index (χ2n) is 14.3. The minimum absolute atomic E-state index is 0.190.